The van der Waals surface area contributed by atoms with Crippen molar-refractivity contribution in [2.75, 3.05) is 17.2 Å². The molecular formula is C14H16N2O2S2. The van der Waals surface area contributed by atoms with E-state index in [-0.39, 0.29) is 16.9 Å². The highest BCUT2D eigenvalue weighted by molar-refractivity contribution is 8.13. The number of thioether (sulfide) groups is 1. The van der Waals surface area contributed by atoms with Crippen molar-refractivity contribution in [1.29, 1.82) is 5.26 Å². The molecule has 1 atom stereocenters. The van der Waals surface area contributed by atoms with Crippen LogP contribution in [-0.4, -0.2) is 23.3 Å². The molecule has 1 unspecified atom stereocenters. The summed E-state index contributed by atoms with van der Waals surface area (Å²) in [7, 11) is 0. The van der Waals surface area contributed by atoms with Crippen LogP contribution < -0.4 is 4.90 Å². The molecule has 6 heteroatoms. The molecule has 106 valence electrons. The highest BCUT2D eigenvalue weighted by Gasteiger charge is 2.33. The zero-order chi connectivity index (χ0) is 14.9. The number of amides is 1. The number of thiophene rings is 1. The minimum atomic E-state index is 0.0527. The van der Waals surface area contributed by atoms with E-state index < -0.39 is 0 Å². The van der Waals surface area contributed by atoms with Crippen LogP contribution in [0.1, 0.15) is 29.3 Å². The van der Waals surface area contributed by atoms with Gasteiger partial charge in [0.25, 0.3) is 0 Å². The molecule has 20 heavy (non-hydrogen) atoms. The summed E-state index contributed by atoms with van der Waals surface area (Å²) in [6.45, 7) is 6.03. The second-order valence-corrected chi connectivity index (χ2v) is 7.35. The van der Waals surface area contributed by atoms with E-state index in [2.05, 4.69) is 6.07 Å². The predicted octanol–water partition coefficient (Wildman–Crippen LogP) is 2.87. The highest BCUT2D eigenvalue weighted by atomic mass is 32.2. The van der Waals surface area contributed by atoms with Gasteiger partial charge in [-0.15, -0.1) is 11.3 Å². The molecule has 1 amide bonds. The summed E-state index contributed by atoms with van der Waals surface area (Å²) in [5.41, 5.74) is 1.57. The van der Waals surface area contributed by atoms with Crippen molar-refractivity contribution in [3.05, 3.63) is 16.0 Å². The zero-order valence-electron chi connectivity index (χ0n) is 11.7. The van der Waals surface area contributed by atoms with Gasteiger partial charge in [0, 0.05) is 30.5 Å². The number of carbonyl (C=O) groups excluding carboxylic acids is 2. The standard InChI is InChI=1S/C14H16N2O2S2/c1-8-9(2)20-14(12(8)5-15)16-6-11(4-13(16)18)7-19-10(3)17/h11H,4,6-7H2,1-3H3. The Morgan fingerprint density at radius 2 is 2.25 bits per heavy atom. The monoisotopic (exact) mass is 308 g/mol. The topological polar surface area (TPSA) is 61.2 Å². The number of aryl methyl sites for hydroxylation is 1. The summed E-state index contributed by atoms with van der Waals surface area (Å²) in [6, 6.07) is 2.20. The summed E-state index contributed by atoms with van der Waals surface area (Å²) in [5, 5.41) is 10.1. The maximum Gasteiger partial charge on any atom is 0.228 e. The lowest BCUT2D eigenvalue weighted by atomic mass is 10.1. The molecule has 1 fully saturated rings. The van der Waals surface area contributed by atoms with Gasteiger partial charge < -0.3 is 4.90 Å². The minimum Gasteiger partial charge on any atom is -0.302 e. The summed E-state index contributed by atoms with van der Waals surface area (Å²) in [5.74, 6) is 0.908. The molecule has 1 aliphatic heterocycles. The number of hydrogen-bond acceptors (Lipinski definition) is 5. The number of carbonyl (C=O) groups is 2. The van der Waals surface area contributed by atoms with E-state index >= 15 is 0 Å². The third kappa shape index (κ3) is 2.89. The smallest absolute Gasteiger partial charge is 0.228 e. The van der Waals surface area contributed by atoms with E-state index in [0.717, 1.165) is 15.4 Å². The molecule has 0 spiro atoms. The van der Waals surface area contributed by atoms with Crippen molar-refractivity contribution < 1.29 is 9.59 Å². The number of anilines is 1. The first-order valence-electron chi connectivity index (χ1n) is 6.37. The van der Waals surface area contributed by atoms with E-state index in [9.17, 15) is 14.9 Å². The Morgan fingerprint density at radius 3 is 2.85 bits per heavy atom. The highest BCUT2D eigenvalue weighted by Crippen LogP contribution is 2.38. The third-order valence-electron chi connectivity index (χ3n) is 3.45. The number of nitrogens with zero attached hydrogens (tertiary/aromatic N) is 2. The van der Waals surface area contributed by atoms with Gasteiger partial charge in [0.15, 0.2) is 5.12 Å². The molecule has 4 nitrogen and oxygen atoms in total. The van der Waals surface area contributed by atoms with Crippen LogP contribution in [0.4, 0.5) is 5.00 Å². The molecule has 0 N–H and O–H groups in total. The summed E-state index contributed by atoms with van der Waals surface area (Å²) < 4.78 is 0. The first kappa shape index (κ1) is 15.1. The fourth-order valence-electron chi connectivity index (χ4n) is 2.26. The van der Waals surface area contributed by atoms with Crippen molar-refractivity contribution in [2.45, 2.75) is 27.2 Å². The van der Waals surface area contributed by atoms with Crippen molar-refractivity contribution in [2.24, 2.45) is 5.92 Å². The lowest BCUT2D eigenvalue weighted by Gasteiger charge is -2.15. The van der Waals surface area contributed by atoms with Crippen molar-refractivity contribution in [3.63, 3.8) is 0 Å². The van der Waals surface area contributed by atoms with Gasteiger partial charge in [0.1, 0.15) is 11.1 Å². The Hall–Kier alpha value is -1.32. The van der Waals surface area contributed by atoms with Crippen LogP contribution in [0.15, 0.2) is 0 Å². The number of nitriles is 1. The maximum atomic E-state index is 12.1. The summed E-state index contributed by atoms with van der Waals surface area (Å²) in [4.78, 5) is 25.9. The molecule has 1 aliphatic rings. The lowest BCUT2D eigenvalue weighted by Crippen LogP contribution is -2.24. The van der Waals surface area contributed by atoms with Gasteiger partial charge in [0.05, 0.1) is 5.56 Å². The van der Waals surface area contributed by atoms with E-state index in [1.807, 2.05) is 13.8 Å². The van der Waals surface area contributed by atoms with Gasteiger partial charge in [-0.2, -0.15) is 5.26 Å². The molecule has 2 rings (SSSR count). The molecule has 2 heterocycles. The summed E-state index contributed by atoms with van der Waals surface area (Å²) >= 11 is 2.77. The second kappa shape index (κ2) is 5.98. The zero-order valence-corrected chi connectivity index (χ0v) is 13.4. The van der Waals surface area contributed by atoms with Crippen molar-refractivity contribution in [3.8, 4) is 6.07 Å². The molecule has 0 saturated carbocycles. The normalized spacial score (nSPS) is 18.4. The van der Waals surface area contributed by atoms with E-state index in [1.54, 1.807) is 11.8 Å². The number of hydrogen-bond donors (Lipinski definition) is 0. The maximum absolute atomic E-state index is 12.1. The molecule has 0 bridgehead atoms. The van der Waals surface area contributed by atoms with Gasteiger partial charge in [-0.1, -0.05) is 11.8 Å². The Kier molecular flexibility index (Phi) is 4.51. The van der Waals surface area contributed by atoms with E-state index in [0.29, 0.717) is 24.3 Å². The molecule has 1 aromatic heterocycles. The molecular weight excluding hydrogens is 292 g/mol. The van der Waals surface area contributed by atoms with Crippen LogP contribution in [0.25, 0.3) is 0 Å². The molecule has 0 aromatic carbocycles. The first-order valence-corrected chi connectivity index (χ1v) is 8.18. The van der Waals surface area contributed by atoms with E-state index in [1.165, 1.54) is 23.1 Å². The minimum absolute atomic E-state index is 0.0527. The van der Waals surface area contributed by atoms with Crippen LogP contribution in [-0.2, 0) is 9.59 Å². The second-order valence-electron chi connectivity index (χ2n) is 4.95. The quantitative estimate of drug-likeness (QED) is 0.861. The van der Waals surface area contributed by atoms with Gasteiger partial charge in [0.2, 0.25) is 5.91 Å². The average molecular weight is 308 g/mol. The Morgan fingerprint density at radius 1 is 1.55 bits per heavy atom. The predicted molar refractivity (Wildman–Crippen MR) is 82.1 cm³/mol. The summed E-state index contributed by atoms with van der Waals surface area (Å²) in [6.07, 6.45) is 0.459. The van der Waals surface area contributed by atoms with Gasteiger partial charge in [-0.3, -0.25) is 9.59 Å². The SMILES string of the molecule is CC(=O)SCC1CC(=O)N(c2sc(C)c(C)c2C#N)C1. The fourth-order valence-corrected chi connectivity index (χ4v) is 4.08. The van der Waals surface area contributed by atoms with E-state index in [4.69, 9.17) is 0 Å². The Bertz CT molecular complexity index is 601. The molecule has 0 radical (unpaired) electrons. The fraction of sp³-hybridized carbons (Fsp3) is 0.500. The van der Waals surface area contributed by atoms with Gasteiger partial charge in [-0.25, -0.2) is 0 Å². The molecule has 1 aromatic rings. The van der Waals surface area contributed by atoms with Gasteiger partial charge >= 0.3 is 0 Å². The van der Waals surface area contributed by atoms with Crippen molar-refractivity contribution >= 4 is 39.1 Å². The van der Waals surface area contributed by atoms with Crippen LogP contribution in [0, 0.1) is 31.1 Å². The lowest BCUT2D eigenvalue weighted by molar-refractivity contribution is -0.117. The molecule has 0 aliphatic carbocycles. The number of rotatable bonds is 3. The van der Waals surface area contributed by atoms with Crippen molar-refractivity contribution in [1.82, 2.24) is 0 Å². The average Bonchev–Trinajstić information content (AvgIpc) is 2.88. The first-order chi connectivity index (χ1) is 9.43. The molecule has 1 saturated heterocycles. The van der Waals surface area contributed by atoms with Crippen LogP contribution >= 0.6 is 23.1 Å². The largest absolute Gasteiger partial charge is 0.302 e. The van der Waals surface area contributed by atoms with Gasteiger partial charge in [-0.05, 0) is 25.3 Å². The Balaban J connectivity index is 2.18. The Labute approximate surface area is 126 Å². The van der Waals surface area contributed by atoms with Crippen LogP contribution in [0.5, 0.6) is 0 Å². The van der Waals surface area contributed by atoms with Crippen LogP contribution in [0.2, 0.25) is 0 Å². The van der Waals surface area contributed by atoms with Crippen LogP contribution in [0.3, 0.4) is 0 Å². The third-order valence-corrected chi connectivity index (χ3v) is 5.73.